The summed E-state index contributed by atoms with van der Waals surface area (Å²) < 4.78 is 27.4. The molecule has 1 N–H and O–H groups in total. The van der Waals surface area contributed by atoms with E-state index in [2.05, 4.69) is 15.3 Å². The van der Waals surface area contributed by atoms with Crippen LogP contribution in [-0.2, 0) is 6.54 Å². The lowest BCUT2D eigenvalue weighted by Gasteiger charge is -2.14. The minimum absolute atomic E-state index is 0. The quantitative estimate of drug-likeness (QED) is 0.411. The van der Waals surface area contributed by atoms with Gasteiger partial charge in [0.05, 0.1) is 24.9 Å². The Morgan fingerprint density at radius 1 is 1.09 bits per heavy atom. The number of rotatable bonds is 7. The molecular formula is C22H19Cl2FN4O3. The van der Waals surface area contributed by atoms with Gasteiger partial charge in [-0.25, -0.2) is 14.4 Å². The summed E-state index contributed by atoms with van der Waals surface area (Å²) in [5.74, 6) is 0.929. The highest BCUT2D eigenvalue weighted by molar-refractivity contribution is 6.30. The predicted octanol–water partition coefficient (Wildman–Crippen LogP) is 4.84. The van der Waals surface area contributed by atoms with Crippen molar-refractivity contribution in [3.8, 4) is 11.5 Å². The lowest BCUT2D eigenvalue weighted by molar-refractivity contribution is 0.280. The average Bonchev–Trinajstić information content (AvgIpc) is 2.76. The molecule has 4 rings (SSSR count). The molecule has 0 aliphatic carbocycles. The fourth-order valence-electron chi connectivity index (χ4n) is 3.01. The molecule has 0 unspecified atom stereocenters. The monoisotopic (exact) mass is 476 g/mol. The van der Waals surface area contributed by atoms with Gasteiger partial charge < -0.3 is 19.4 Å². The molecule has 7 nitrogen and oxygen atoms in total. The average molecular weight is 477 g/mol. The van der Waals surface area contributed by atoms with Crippen LogP contribution in [0.25, 0.3) is 10.9 Å². The number of ether oxygens (including phenoxy) is 2. The maximum absolute atomic E-state index is 14.2. The molecule has 2 aromatic heterocycles. The van der Waals surface area contributed by atoms with Gasteiger partial charge in [0.2, 0.25) is 0 Å². The highest BCUT2D eigenvalue weighted by Crippen LogP contribution is 2.35. The largest absolute Gasteiger partial charge is 0.493 e. The number of pyridine rings is 1. The molecule has 0 bridgehead atoms. The topological polar surface area (TPSA) is 78.3 Å². The third-order valence-corrected chi connectivity index (χ3v) is 4.81. The van der Waals surface area contributed by atoms with Crippen molar-refractivity contribution in [3.63, 3.8) is 0 Å². The molecule has 0 spiro atoms. The molecule has 0 saturated carbocycles. The first-order valence-electron chi connectivity index (χ1n) is 9.37. The van der Waals surface area contributed by atoms with Crippen molar-refractivity contribution in [3.05, 3.63) is 82.2 Å². The van der Waals surface area contributed by atoms with E-state index in [1.165, 1.54) is 37.7 Å². The standard InChI is InChI=1S/C22H18ClFN4O3.ClH/c1-30-20-11-16-19(12-21(20)31-9-8-28-6-4-15(29)5-7-28)25-13-26-22(16)27-18-3-2-14(23)10-17(18)24;/h2-7,10-13H,8-9H2,1H3,(H,25,26,27);1H. The van der Waals surface area contributed by atoms with E-state index in [4.69, 9.17) is 21.1 Å². The maximum atomic E-state index is 14.2. The summed E-state index contributed by atoms with van der Waals surface area (Å²) in [5.41, 5.74) is 0.798. The number of methoxy groups -OCH3 is 1. The van der Waals surface area contributed by atoms with E-state index < -0.39 is 5.82 Å². The zero-order valence-electron chi connectivity index (χ0n) is 16.9. The summed E-state index contributed by atoms with van der Waals surface area (Å²) in [5, 5.41) is 3.92. The van der Waals surface area contributed by atoms with Gasteiger partial charge in [0, 0.05) is 41.0 Å². The Kier molecular flexibility index (Phi) is 7.50. The second-order valence-electron chi connectivity index (χ2n) is 6.61. The van der Waals surface area contributed by atoms with Gasteiger partial charge in [0.25, 0.3) is 0 Å². The van der Waals surface area contributed by atoms with Crippen molar-refractivity contribution in [2.24, 2.45) is 0 Å². The van der Waals surface area contributed by atoms with E-state index in [1.807, 2.05) is 4.57 Å². The molecular weight excluding hydrogens is 458 g/mol. The second-order valence-corrected chi connectivity index (χ2v) is 7.05. The maximum Gasteiger partial charge on any atom is 0.181 e. The third kappa shape index (κ3) is 5.27. The van der Waals surface area contributed by atoms with Gasteiger partial charge in [-0.1, -0.05) is 11.6 Å². The van der Waals surface area contributed by atoms with Crippen LogP contribution in [-0.4, -0.2) is 28.3 Å². The fraction of sp³-hybridized carbons (Fsp3) is 0.136. The Bertz CT molecular complexity index is 1280. The van der Waals surface area contributed by atoms with Crippen molar-refractivity contribution < 1.29 is 13.9 Å². The molecule has 0 radical (unpaired) electrons. The summed E-state index contributed by atoms with van der Waals surface area (Å²) in [6.07, 6.45) is 4.78. The minimum atomic E-state index is -0.492. The highest BCUT2D eigenvalue weighted by atomic mass is 35.5. The lowest BCUT2D eigenvalue weighted by atomic mass is 10.2. The Morgan fingerprint density at radius 2 is 1.88 bits per heavy atom. The molecule has 0 amide bonds. The number of hydrogen-bond donors (Lipinski definition) is 1. The first kappa shape index (κ1) is 23.3. The Balaban J connectivity index is 0.00000289. The zero-order chi connectivity index (χ0) is 21.8. The van der Waals surface area contributed by atoms with Crippen LogP contribution in [0.2, 0.25) is 5.02 Å². The van der Waals surface area contributed by atoms with E-state index >= 15 is 0 Å². The number of benzene rings is 2. The number of nitrogens with zero attached hydrogens (tertiary/aromatic N) is 3. The van der Waals surface area contributed by atoms with Gasteiger partial charge in [-0.2, -0.15) is 0 Å². The predicted molar refractivity (Wildman–Crippen MR) is 124 cm³/mol. The number of nitrogens with one attached hydrogen (secondary N) is 1. The summed E-state index contributed by atoms with van der Waals surface area (Å²) in [7, 11) is 1.53. The van der Waals surface area contributed by atoms with Gasteiger partial charge in [-0.15, -0.1) is 12.4 Å². The normalized spacial score (nSPS) is 10.5. The van der Waals surface area contributed by atoms with Gasteiger partial charge >= 0.3 is 0 Å². The minimum Gasteiger partial charge on any atom is -0.493 e. The van der Waals surface area contributed by atoms with Crippen molar-refractivity contribution in [1.82, 2.24) is 14.5 Å². The first-order chi connectivity index (χ1) is 15.0. The van der Waals surface area contributed by atoms with Crippen LogP contribution in [0.15, 0.2) is 66.0 Å². The number of anilines is 2. The Labute approximate surface area is 194 Å². The lowest BCUT2D eigenvalue weighted by Crippen LogP contribution is -2.10. The molecule has 2 heterocycles. The van der Waals surface area contributed by atoms with Crippen LogP contribution < -0.4 is 20.2 Å². The van der Waals surface area contributed by atoms with Crippen LogP contribution in [0, 0.1) is 5.82 Å². The molecule has 0 aliphatic rings. The molecule has 166 valence electrons. The summed E-state index contributed by atoms with van der Waals surface area (Å²) >= 11 is 5.82. The van der Waals surface area contributed by atoms with Crippen molar-refractivity contribution in [1.29, 1.82) is 0 Å². The summed E-state index contributed by atoms with van der Waals surface area (Å²) in [4.78, 5) is 19.7. The third-order valence-electron chi connectivity index (χ3n) is 4.57. The smallest absolute Gasteiger partial charge is 0.181 e. The Hall–Kier alpha value is -3.36. The number of halogens is 3. The van der Waals surface area contributed by atoms with Gasteiger partial charge in [-0.3, -0.25) is 4.79 Å². The van der Waals surface area contributed by atoms with Crippen molar-refractivity contribution in [2.45, 2.75) is 6.54 Å². The van der Waals surface area contributed by atoms with Crippen LogP contribution in [0.3, 0.4) is 0 Å². The molecule has 2 aromatic carbocycles. The molecule has 32 heavy (non-hydrogen) atoms. The van der Waals surface area contributed by atoms with Crippen LogP contribution in [0.1, 0.15) is 0 Å². The molecule has 4 aromatic rings. The van der Waals surface area contributed by atoms with E-state index in [0.717, 1.165) is 0 Å². The number of hydrogen-bond acceptors (Lipinski definition) is 6. The first-order valence-corrected chi connectivity index (χ1v) is 9.75. The highest BCUT2D eigenvalue weighted by Gasteiger charge is 2.13. The van der Waals surface area contributed by atoms with E-state index in [0.29, 0.717) is 46.4 Å². The van der Waals surface area contributed by atoms with Crippen molar-refractivity contribution in [2.75, 3.05) is 19.0 Å². The van der Waals surface area contributed by atoms with E-state index in [9.17, 15) is 9.18 Å². The van der Waals surface area contributed by atoms with E-state index in [1.54, 1.807) is 30.6 Å². The fourth-order valence-corrected chi connectivity index (χ4v) is 3.17. The summed E-state index contributed by atoms with van der Waals surface area (Å²) in [6.45, 7) is 0.908. The zero-order valence-corrected chi connectivity index (χ0v) is 18.5. The number of fused-ring (bicyclic) bond motifs is 1. The SMILES string of the molecule is COc1cc2c(Nc3ccc(Cl)cc3F)ncnc2cc1OCCn1ccc(=O)cc1.Cl. The molecule has 0 aliphatic heterocycles. The van der Waals surface area contributed by atoms with Crippen molar-refractivity contribution >= 4 is 46.4 Å². The number of aromatic nitrogens is 3. The summed E-state index contributed by atoms with van der Waals surface area (Å²) in [6, 6.07) is 10.8. The van der Waals surface area contributed by atoms with E-state index in [-0.39, 0.29) is 23.5 Å². The van der Waals surface area contributed by atoms with Crippen LogP contribution in [0.5, 0.6) is 11.5 Å². The Morgan fingerprint density at radius 3 is 2.59 bits per heavy atom. The van der Waals surface area contributed by atoms with Gasteiger partial charge in [-0.05, 0) is 24.3 Å². The second kappa shape index (κ2) is 10.3. The molecule has 0 fully saturated rings. The molecule has 0 atom stereocenters. The molecule has 0 saturated heterocycles. The van der Waals surface area contributed by atoms with Gasteiger partial charge in [0.15, 0.2) is 16.9 Å². The molecule has 10 heteroatoms. The van der Waals surface area contributed by atoms with Gasteiger partial charge in [0.1, 0.15) is 24.6 Å². The van der Waals surface area contributed by atoms with Crippen LogP contribution >= 0.6 is 24.0 Å². The van der Waals surface area contributed by atoms with Crippen LogP contribution in [0.4, 0.5) is 15.9 Å².